The van der Waals surface area contributed by atoms with Gasteiger partial charge in [0, 0.05) is 21.5 Å². The van der Waals surface area contributed by atoms with E-state index in [1.807, 2.05) is 47.4 Å². The molecule has 2 heterocycles. The summed E-state index contributed by atoms with van der Waals surface area (Å²) < 4.78 is 5.82. The summed E-state index contributed by atoms with van der Waals surface area (Å²) in [5.41, 5.74) is 2.28. The van der Waals surface area contributed by atoms with E-state index in [1.165, 1.54) is 0 Å². The highest BCUT2D eigenvalue weighted by atomic mass is 79.9. The van der Waals surface area contributed by atoms with Crippen LogP contribution in [0.5, 0.6) is 0 Å². The number of nitrogens with zero attached hydrogens (tertiary/aromatic N) is 1. The lowest BCUT2D eigenvalue weighted by atomic mass is 10.1. The Hall–Kier alpha value is -2.51. The molecule has 5 rings (SSSR count). The van der Waals surface area contributed by atoms with Crippen molar-refractivity contribution in [2.45, 2.75) is 28.7 Å². The fourth-order valence-electron chi connectivity index (χ4n) is 3.29. The zero-order chi connectivity index (χ0) is 19.3. The summed E-state index contributed by atoms with van der Waals surface area (Å²) in [5.74, 6) is -0.0454. The molecule has 0 spiro atoms. The molecule has 0 saturated heterocycles. The van der Waals surface area contributed by atoms with Crippen LogP contribution in [-0.2, 0) is 0 Å². The fraction of sp³-hybridized carbons (Fsp3) is 0.143. The molecule has 0 unspecified atom stereocenters. The molecule has 1 aliphatic carbocycles. The van der Waals surface area contributed by atoms with Crippen LogP contribution in [0.25, 0.3) is 0 Å². The number of hydrogen-bond acceptors (Lipinski definition) is 4. The summed E-state index contributed by atoms with van der Waals surface area (Å²) in [4.78, 5) is 29.3. The molecule has 1 aliphatic heterocycles. The maximum absolute atomic E-state index is 13.2. The molecule has 2 aromatic carbocycles. The van der Waals surface area contributed by atoms with Gasteiger partial charge in [-0.15, -0.1) is 0 Å². The Kier molecular flexibility index (Phi) is 4.29. The number of hydrogen-bond donors (Lipinski definition) is 1. The van der Waals surface area contributed by atoms with Crippen LogP contribution in [0.3, 0.4) is 0 Å². The summed E-state index contributed by atoms with van der Waals surface area (Å²) in [7, 11) is 0. The molecule has 0 radical (unpaired) electrons. The van der Waals surface area contributed by atoms with E-state index in [9.17, 15) is 9.59 Å². The number of carbonyl (C=O) groups is 2. The lowest BCUT2D eigenvalue weighted by Crippen LogP contribution is -2.32. The molecule has 140 valence electrons. The topological polar surface area (TPSA) is 62.6 Å². The second kappa shape index (κ2) is 6.83. The van der Waals surface area contributed by atoms with Crippen molar-refractivity contribution in [2.24, 2.45) is 0 Å². The standard InChI is InChI=1S/C21H15BrN2O3S/c22-19-10-9-16(27-19)20(25)23-12-5-8-15-18(11-12)28-17-4-2-1-3-14(17)21(26)24(15)13-6-7-13/h1-5,8-11,13H,6-7H2,(H,23,25). The van der Waals surface area contributed by atoms with E-state index in [1.54, 1.807) is 23.9 Å². The first-order chi connectivity index (χ1) is 13.6. The van der Waals surface area contributed by atoms with E-state index in [0.717, 1.165) is 33.9 Å². The van der Waals surface area contributed by atoms with Crippen LogP contribution in [0, 0.1) is 0 Å². The quantitative estimate of drug-likeness (QED) is 0.561. The third kappa shape index (κ3) is 3.14. The first-order valence-electron chi connectivity index (χ1n) is 8.91. The van der Waals surface area contributed by atoms with Crippen LogP contribution >= 0.6 is 27.7 Å². The molecule has 2 amide bonds. The van der Waals surface area contributed by atoms with E-state index in [4.69, 9.17) is 4.42 Å². The van der Waals surface area contributed by atoms with E-state index in [2.05, 4.69) is 21.2 Å². The van der Waals surface area contributed by atoms with Gasteiger partial charge in [0.25, 0.3) is 11.8 Å². The van der Waals surface area contributed by atoms with E-state index in [0.29, 0.717) is 10.4 Å². The van der Waals surface area contributed by atoms with Gasteiger partial charge in [0.1, 0.15) is 0 Å². The third-order valence-corrected chi connectivity index (χ3v) is 6.29. The minimum Gasteiger partial charge on any atom is -0.444 e. The molecule has 1 aromatic heterocycles. The van der Waals surface area contributed by atoms with Crippen molar-refractivity contribution in [3.63, 3.8) is 0 Å². The lowest BCUT2D eigenvalue weighted by Gasteiger charge is -2.23. The highest BCUT2D eigenvalue weighted by Crippen LogP contribution is 2.46. The zero-order valence-corrected chi connectivity index (χ0v) is 17.0. The number of carbonyl (C=O) groups excluding carboxylic acids is 2. The van der Waals surface area contributed by atoms with Crippen LogP contribution < -0.4 is 10.2 Å². The molecular weight excluding hydrogens is 440 g/mol. The Bertz CT molecular complexity index is 1110. The number of fused-ring (bicyclic) bond motifs is 2. The van der Waals surface area contributed by atoms with Crippen LogP contribution in [0.4, 0.5) is 11.4 Å². The summed E-state index contributed by atoms with van der Waals surface area (Å²) in [5, 5.41) is 2.87. The molecule has 28 heavy (non-hydrogen) atoms. The van der Waals surface area contributed by atoms with Gasteiger partial charge in [0.15, 0.2) is 10.4 Å². The molecule has 0 atom stereocenters. The van der Waals surface area contributed by atoms with Crippen LogP contribution in [0.1, 0.15) is 33.8 Å². The number of halogens is 1. The maximum atomic E-state index is 13.2. The van der Waals surface area contributed by atoms with Crippen molar-refractivity contribution in [1.29, 1.82) is 0 Å². The fourth-order valence-corrected chi connectivity index (χ4v) is 4.70. The van der Waals surface area contributed by atoms with Crippen molar-refractivity contribution < 1.29 is 14.0 Å². The summed E-state index contributed by atoms with van der Waals surface area (Å²) in [6, 6.07) is 16.9. The average Bonchev–Trinajstić information content (AvgIpc) is 3.44. The second-order valence-corrected chi connectivity index (χ2v) is 8.61. The number of amides is 2. The normalized spacial score (nSPS) is 15.6. The zero-order valence-electron chi connectivity index (χ0n) is 14.6. The van der Waals surface area contributed by atoms with Crippen molar-refractivity contribution in [2.75, 3.05) is 10.2 Å². The van der Waals surface area contributed by atoms with Gasteiger partial charge in [-0.3, -0.25) is 9.59 Å². The molecular formula is C21H15BrN2O3S. The Morgan fingerprint density at radius 3 is 2.68 bits per heavy atom. The van der Waals surface area contributed by atoms with Gasteiger partial charge in [0.2, 0.25) is 0 Å². The smallest absolute Gasteiger partial charge is 0.291 e. The van der Waals surface area contributed by atoms with Gasteiger partial charge in [-0.25, -0.2) is 0 Å². The molecule has 2 aliphatic rings. The summed E-state index contributed by atoms with van der Waals surface area (Å²) >= 11 is 4.76. The van der Waals surface area contributed by atoms with Crippen molar-refractivity contribution >= 4 is 50.9 Å². The number of anilines is 2. The summed E-state index contributed by atoms with van der Waals surface area (Å²) in [6.07, 6.45) is 2.04. The number of rotatable bonds is 3. The van der Waals surface area contributed by atoms with E-state index in [-0.39, 0.29) is 23.6 Å². The van der Waals surface area contributed by atoms with Crippen LogP contribution in [0.2, 0.25) is 0 Å². The highest BCUT2D eigenvalue weighted by molar-refractivity contribution is 9.10. The predicted octanol–water partition coefficient (Wildman–Crippen LogP) is 5.57. The van der Waals surface area contributed by atoms with Crippen LogP contribution in [0.15, 0.2) is 73.5 Å². The minimum atomic E-state index is -0.320. The SMILES string of the molecule is O=C(Nc1ccc2c(c1)Sc1ccccc1C(=O)N2C1CC1)c1ccc(Br)o1. The van der Waals surface area contributed by atoms with Crippen LogP contribution in [-0.4, -0.2) is 17.9 Å². The van der Waals surface area contributed by atoms with Crippen molar-refractivity contribution in [3.8, 4) is 0 Å². The largest absolute Gasteiger partial charge is 0.444 e. The molecule has 0 bridgehead atoms. The molecule has 1 saturated carbocycles. The third-order valence-electron chi connectivity index (χ3n) is 4.74. The minimum absolute atomic E-state index is 0.0431. The van der Waals surface area contributed by atoms with Gasteiger partial charge in [-0.1, -0.05) is 23.9 Å². The highest BCUT2D eigenvalue weighted by Gasteiger charge is 2.38. The first kappa shape index (κ1) is 17.6. The molecule has 7 heteroatoms. The Balaban J connectivity index is 1.52. The maximum Gasteiger partial charge on any atom is 0.291 e. The van der Waals surface area contributed by atoms with E-state index >= 15 is 0 Å². The van der Waals surface area contributed by atoms with Gasteiger partial charge in [-0.2, -0.15) is 0 Å². The predicted molar refractivity (Wildman–Crippen MR) is 111 cm³/mol. The van der Waals surface area contributed by atoms with E-state index < -0.39 is 0 Å². The first-order valence-corrected chi connectivity index (χ1v) is 10.5. The Morgan fingerprint density at radius 2 is 1.93 bits per heavy atom. The number of benzene rings is 2. The van der Waals surface area contributed by atoms with Gasteiger partial charge in [-0.05, 0) is 71.2 Å². The molecule has 3 aromatic rings. The second-order valence-electron chi connectivity index (χ2n) is 6.74. The van der Waals surface area contributed by atoms with Gasteiger partial charge >= 0.3 is 0 Å². The monoisotopic (exact) mass is 454 g/mol. The molecule has 1 fully saturated rings. The Labute approximate surface area is 174 Å². The van der Waals surface area contributed by atoms with Crippen molar-refractivity contribution in [1.82, 2.24) is 0 Å². The van der Waals surface area contributed by atoms with Gasteiger partial charge < -0.3 is 14.6 Å². The lowest BCUT2D eigenvalue weighted by molar-refractivity contribution is 0.0978. The van der Waals surface area contributed by atoms with Gasteiger partial charge in [0.05, 0.1) is 11.3 Å². The Morgan fingerprint density at radius 1 is 1.11 bits per heavy atom. The summed E-state index contributed by atoms with van der Waals surface area (Å²) in [6.45, 7) is 0. The van der Waals surface area contributed by atoms with Crippen molar-refractivity contribution in [3.05, 3.63) is 70.6 Å². The number of nitrogens with one attached hydrogen (secondary N) is 1. The molecule has 1 N–H and O–H groups in total. The average molecular weight is 455 g/mol. The molecule has 5 nitrogen and oxygen atoms in total. The number of furan rings is 1.